The third-order valence-corrected chi connectivity index (χ3v) is 5.38. The smallest absolute Gasteiger partial charge is 0.276 e. The summed E-state index contributed by atoms with van der Waals surface area (Å²) in [4.78, 5) is 13.9. The lowest BCUT2D eigenvalue weighted by atomic mass is 10.2. The number of hydrogen-bond acceptors (Lipinski definition) is 3. The topological polar surface area (TPSA) is 46.9 Å². The number of anilines is 1. The van der Waals surface area contributed by atoms with E-state index in [-0.39, 0.29) is 11.7 Å². The van der Waals surface area contributed by atoms with E-state index in [0.717, 1.165) is 41.1 Å². The number of rotatable bonds is 4. The van der Waals surface area contributed by atoms with Crippen molar-refractivity contribution in [1.82, 2.24) is 9.78 Å². The van der Waals surface area contributed by atoms with Crippen LogP contribution in [0.3, 0.4) is 0 Å². The Labute approximate surface area is 155 Å². The Hall–Kier alpha value is -2.60. The van der Waals surface area contributed by atoms with Gasteiger partial charge in [0.1, 0.15) is 11.5 Å². The number of para-hydroxylation sites is 2. The molecule has 0 saturated heterocycles. The van der Waals surface area contributed by atoms with Gasteiger partial charge in [-0.3, -0.25) is 4.79 Å². The SMILES string of the molecule is CSc1ccccc1NC(=O)c1nn(-c2ccccc2F)c2c1CCC2. The lowest BCUT2D eigenvalue weighted by molar-refractivity contribution is 0.102. The maximum absolute atomic E-state index is 14.2. The molecule has 0 fully saturated rings. The van der Waals surface area contributed by atoms with Gasteiger partial charge >= 0.3 is 0 Å². The number of amides is 1. The van der Waals surface area contributed by atoms with Gasteiger partial charge in [-0.25, -0.2) is 9.07 Å². The zero-order valence-electron chi connectivity index (χ0n) is 14.3. The van der Waals surface area contributed by atoms with Gasteiger partial charge < -0.3 is 5.32 Å². The van der Waals surface area contributed by atoms with Crippen LogP contribution in [-0.2, 0) is 12.8 Å². The highest BCUT2D eigenvalue weighted by molar-refractivity contribution is 7.98. The molecule has 0 unspecified atom stereocenters. The number of hydrogen-bond donors (Lipinski definition) is 1. The Morgan fingerprint density at radius 2 is 1.92 bits per heavy atom. The number of halogens is 1. The largest absolute Gasteiger partial charge is 0.320 e. The molecule has 0 saturated carbocycles. The molecule has 3 aromatic rings. The summed E-state index contributed by atoms with van der Waals surface area (Å²) in [6.07, 6.45) is 4.50. The Kier molecular flexibility index (Phi) is 4.51. The van der Waals surface area contributed by atoms with Crippen LogP contribution >= 0.6 is 11.8 Å². The summed E-state index contributed by atoms with van der Waals surface area (Å²) in [6.45, 7) is 0. The first-order valence-electron chi connectivity index (χ1n) is 8.49. The first-order valence-corrected chi connectivity index (χ1v) is 9.71. The van der Waals surface area contributed by atoms with E-state index < -0.39 is 0 Å². The predicted molar refractivity (Wildman–Crippen MR) is 102 cm³/mol. The third-order valence-electron chi connectivity index (χ3n) is 4.58. The molecular formula is C20H18FN3OS. The van der Waals surface area contributed by atoms with E-state index in [4.69, 9.17) is 0 Å². The normalized spacial score (nSPS) is 12.8. The highest BCUT2D eigenvalue weighted by Crippen LogP contribution is 2.30. The van der Waals surface area contributed by atoms with Crippen molar-refractivity contribution in [1.29, 1.82) is 0 Å². The number of carbonyl (C=O) groups excluding carboxylic acids is 1. The van der Waals surface area contributed by atoms with Crippen LogP contribution in [0.15, 0.2) is 53.4 Å². The lowest BCUT2D eigenvalue weighted by Crippen LogP contribution is -2.15. The average molecular weight is 367 g/mol. The molecule has 0 atom stereocenters. The van der Waals surface area contributed by atoms with Crippen LogP contribution in [0.5, 0.6) is 0 Å². The molecule has 0 aliphatic heterocycles. The van der Waals surface area contributed by atoms with Crippen molar-refractivity contribution in [3.8, 4) is 5.69 Å². The van der Waals surface area contributed by atoms with Crippen LogP contribution in [0.2, 0.25) is 0 Å². The molecule has 4 nitrogen and oxygen atoms in total. The van der Waals surface area contributed by atoms with Crippen molar-refractivity contribution < 1.29 is 9.18 Å². The molecule has 2 aromatic carbocycles. The number of thioether (sulfide) groups is 1. The number of carbonyl (C=O) groups is 1. The van der Waals surface area contributed by atoms with Crippen molar-refractivity contribution in [3.05, 3.63) is 71.3 Å². The van der Waals surface area contributed by atoms with Gasteiger partial charge in [0.15, 0.2) is 5.69 Å². The second-order valence-corrected chi connectivity index (χ2v) is 6.99. The standard InChI is InChI=1S/C20H18FN3OS/c1-26-18-12-5-3-9-15(18)22-20(25)19-13-7-6-11-16(13)24(23-19)17-10-4-2-8-14(17)21/h2-5,8-10,12H,6-7,11H2,1H3,(H,22,25). The minimum atomic E-state index is -0.343. The first-order chi connectivity index (χ1) is 12.7. The molecule has 6 heteroatoms. The van der Waals surface area contributed by atoms with Crippen LogP contribution in [0, 0.1) is 5.82 Å². The molecule has 4 rings (SSSR count). The van der Waals surface area contributed by atoms with Crippen LogP contribution in [0.25, 0.3) is 5.69 Å². The van der Waals surface area contributed by atoms with E-state index in [9.17, 15) is 9.18 Å². The average Bonchev–Trinajstić information content (AvgIpc) is 3.25. The highest BCUT2D eigenvalue weighted by Gasteiger charge is 2.28. The monoisotopic (exact) mass is 367 g/mol. The summed E-state index contributed by atoms with van der Waals surface area (Å²) < 4.78 is 15.8. The molecule has 26 heavy (non-hydrogen) atoms. The van der Waals surface area contributed by atoms with Gasteiger partial charge in [-0.2, -0.15) is 5.10 Å². The number of nitrogens with zero attached hydrogens (tertiary/aromatic N) is 2. The molecule has 0 spiro atoms. The highest BCUT2D eigenvalue weighted by atomic mass is 32.2. The van der Waals surface area contributed by atoms with E-state index in [1.165, 1.54) is 6.07 Å². The van der Waals surface area contributed by atoms with Crippen LogP contribution in [-0.4, -0.2) is 21.9 Å². The fourth-order valence-electron chi connectivity index (χ4n) is 3.37. The summed E-state index contributed by atoms with van der Waals surface area (Å²) in [5, 5.41) is 7.43. The van der Waals surface area contributed by atoms with Crippen molar-refractivity contribution in [2.24, 2.45) is 0 Å². The fourth-order valence-corrected chi connectivity index (χ4v) is 3.93. The maximum Gasteiger partial charge on any atom is 0.276 e. The number of fused-ring (bicyclic) bond motifs is 1. The summed E-state index contributed by atoms with van der Waals surface area (Å²) in [6, 6.07) is 14.2. The Morgan fingerprint density at radius 1 is 1.15 bits per heavy atom. The molecule has 132 valence electrons. The zero-order chi connectivity index (χ0) is 18.1. The van der Waals surface area contributed by atoms with E-state index in [0.29, 0.717) is 11.4 Å². The zero-order valence-corrected chi connectivity index (χ0v) is 15.1. The van der Waals surface area contributed by atoms with Gasteiger partial charge in [0.05, 0.1) is 5.69 Å². The Balaban J connectivity index is 1.73. The minimum Gasteiger partial charge on any atom is -0.320 e. The second kappa shape index (κ2) is 6.96. The Morgan fingerprint density at radius 3 is 2.73 bits per heavy atom. The number of benzene rings is 2. The molecule has 1 N–H and O–H groups in total. The second-order valence-electron chi connectivity index (χ2n) is 6.15. The molecule has 1 heterocycles. The van der Waals surface area contributed by atoms with Crippen molar-refractivity contribution >= 4 is 23.4 Å². The summed E-state index contributed by atoms with van der Waals surface area (Å²) in [5.74, 6) is -0.593. The van der Waals surface area contributed by atoms with Gasteiger partial charge in [-0.05, 0) is 49.8 Å². The van der Waals surface area contributed by atoms with Crippen LogP contribution in [0.1, 0.15) is 28.2 Å². The van der Waals surface area contributed by atoms with Gasteiger partial charge in [-0.1, -0.05) is 24.3 Å². The van der Waals surface area contributed by atoms with E-state index in [2.05, 4.69) is 10.4 Å². The third kappa shape index (κ3) is 2.90. The van der Waals surface area contributed by atoms with Gasteiger partial charge in [0.2, 0.25) is 0 Å². The van der Waals surface area contributed by atoms with E-state index in [1.807, 2.05) is 30.5 Å². The molecule has 0 radical (unpaired) electrons. The van der Waals surface area contributed by atoms with Gasteiger partial charge in [-0.15, -0.1) is 11.8 Å². The molecule has 1 aliphatic rings. The summed E-state index contributed by atoms with van der Waals surface area (Å²) in [7, 11) is 0. The molecule has 1 aliphatic carbocycles. The molecule has 1 amide bonds. The van der Waals surface area contributed by atoms with Gasteiger partial charge in [0.25, 0.3) is 5.91 Å². The number of nitrogens with one attached hydrogen (secondary N) is 1. The fraction of sp³-hybridized carbons (Fsp3) is 0.200. The molecule has 1 aromatic heterocycles. The van der Waals surface area contributed by atoms with Gasteiger partial charge in [0, 0.05) is 16.2 Å². The quantitative estimate of drug-likeness (QED) is 0.692. The minimum absolute atomic E-state index is 0.250. The predicted octanol–water partition coefficient (Wildman–Crippen LogP) is 4.47. The first kappa shape index (κ1) is 16.8. The van der Waals surface area contributed by atoms with E-state index >= 15 is 0 Å². The molecule has 0 bridgehead atoms. The maximum atomic E-state index is 14.2. The lowest BCUT2D eigenvalue weighted by Gasteiger charge is -2.08. The summed E-state index contributed by atoms with van der Waals surface area (Å²) >= 11 is 1.57. The van der Waals surface area contributed by atoms with Crippen molar-refractivity contribution in [2.75, 3.05) is 11.6 Å². The van der Waals surface area contributed by atoms with Crippen molar-refractivity contribution in [3.63, 3.8) is 0 Å². The Bertz CT molecular complexity index is 983. The van der Waals surface area contributed by atoms with Crippen LogP contribution < -0.4 is 5.32 Å². The molecular weight excluding hydrogens is 349 g/mol. The van der Waals surface area contributed by atoms with Crippen LogP contribution in [0.4, 0.5) is 10.1 Å². The van der Waals surface area contributed by atoms with Crippen molar-refractivity contribution in [2.45, 2.75) is 24.2 Å². The number of aromatic nitrogens is 2. The summed E-state index contributed by atoms with van der Waals surface area (Å²) in [5.41, 5.74) is 3.38. The van der Waals surface area contributed by atoms with E-state index in [1.54, 1.807) is 34.6 Å².